The quantitative estimate of drug-likeness (QED) is 0.664. The number of benzene rings is 1. The van der Waals surface area contributed by atoms with Crippen LogP contribution in [0, 0.1) is 17.8 Å². The van der Waals surface area contributed by atoms with E-state index in [0.29, 0.717) is 5.92 Å². The maximum absolute atomic E-state index is 6.31. The molecule has 1 aromatic rings. The fourth-order valence-electron chi connectivity index (χ4n) is 2.49. The van der Waals surface area contributed by atoms with Gasteiger partial charge in [-0.25, -0.2) is 0 Å². The molecule has 0 radical (unpaired) electrons. The van der Waals surface area contributed by atoms with Crippen LogP contribution in [0.3, 0.4) is 0 Å². The Kier molecular flexibility index (Phi) is 3.59. The third-order valence-corrected chi connectivity index (χ3v) is 4.01. The van der Waals surface area contributed by atoms with Gasteiger partial charge in [0.25, 0.3) is 0 Å². The molecule has 2 nitrogen and oxygen atoms in total. The smallest absolute Gasteiger partial charge is 0.0650 e. The van der Waals surface area contributed by atoms with Crippen molar-refractivity contribution < 1.29 is 4.74 Å². The molecule has 0 saturated carbocycles. The predicted octanol–water partition coefficient (Wildman–Crippen LogP) is 3.44. The van der Waals surface area contributed by atoms with Crippen molar-refractivity contribution in [3.8, 4) is 11.8 Å². The fraction of sp³-hybridized carbons (Fsp3) is 0.438. The number of rotatable bonds is 0. The van der Waals surface area contributed by atoms with E-state index in [1.165, 1.54) is 11.1 Å². The minimum absolute atomic E-state index is 0.441. The number of fused-ring (bicyclic) bond motifs is 1. The molecule has 3 heteroatoms. The summed E-state index contributed by atoms with van der Waals surface area (Å²) in [6.07, 6.45) is 2.05. The lowest BCUT2D eigenvalue weighted by Crippen LogP contribution is -2.13. The third-order valence-electron chi connectivity index (χ3n) is 3.70. The minimum atomic E-state index is 0.441. The van der Waals surface area contributed by atoms with Gasteiger partial charge in [0.2, 0.25) is 0 Å². The lowest BCUT2D eigenvalue weighted by Gasteiger charge is -2.16. The molecule has 0 spiro atoms. The van der Waals surface area contributed by atoms with E-state index in [9.17, 15) is 0 Å². The van der Waals surface area contributed by atoms with Crippen molar-refractivity contribution >= 4 is 17.3 Å². The molecule has 2 heterocycles. The van der Waals surface area contributed by atoms with Crippen LogP contribution < -0.4 is 0 Å². The second-order valence-electron chi connectivity index (χ2n) is 5.05. The summed E-state index contributed by atoms with van der Waals surface area (Å²) in [5.41, 5.74) is 4.40. The molecule has 0 unspecified atom stereocenters. The third kappa shape index (κ3) is 2.68. The molecule has 0 aromatic heterocycles. The van der Waals surface area contributed by atoms with Crippen LogP contribution >= 0.6 is 11.6 Å². The summed E-state index contributed by atoms with van der Waals surface area (Å²) in [5, 5.41) is 0.731. The molecule has 0 amide bonds. The molecule has 19 heavy (non-hydrogen) atoms. The number of hydrogen-bond donors (Lipinski definition) is 0. The molecule has 2 aliphatic rings. The Hall–Kier alpha value is -1.30. The van der Waals surface area contributed by atoms with E-state index in [4.69, 9.17) is 16.3 Å². The van der Waals surface area contributed by atoms with Crippen molar-refractivity contribution in [1.29, 1.82) is 0 Å². The molecule has 1 fully saturated rings. The zero-order chi connectivity index (χ0) is 13.2. The monoisotopic (exact) mass is 273 g/mol. The highest BCUT2D eigenvalue weighted by molar-refractivity contribution is 6.32. The van der Waals surface area contributed by atoms with E-state index in [-0.39, 0.29) is 0 Å². The number of aliphatic imine (C=N–C) groups is 1. The van der Waals surface area contributed by atoms with Crippen LogP contribution in [0.25, 0.3) is 0 Å². The average Bonchev–Trinajstić information content (AvgIpc) is 2.78. The second kappa shape index (κ2) is 5.36. The number of hydrogen-bond acceptors (Lipinski definition) is 2. The lowest BCUT2D eigenvalue weighted by atomic mass is 9.99. The largest absolute Gasteiger partial charge is 0.381 e. The van der Waals surface area contributed by atoms with Crippen molar-refractivity contribution in [2.24, 2.45) is 10.9 Å². The zero-order valence-electron chi connectivity index (χ0n) is 11.0. The van der Waals surface area contributed by atoms with Gasteiger partial charge in [0.15, 0.2) is 0 Å². The maximum atomic E-state index is 6.31. The predicted molar refractivity (Wildman–Crippen MR) is 77.8 cm³/mol. The lowest BCUT2D eigenvalue weighted by molar-refractivity contribution is 0.0807. The van der Waals surface area contributed by atoms with Crippen LogP contribution in [-0.4, -0.2) is 18.9 Å². The summed E-state index contributed by atoms with van der Waals surface area (Å²) in [4.78, 5) is 4.43. The number of nitrogens with zero attached hydrogens (tertiary/aromatic N) is 1. The summed E-state index contributed by atoms with van der Waals surface area (Å²) < 4.78 is 5.34. The van der Waals surface area contributed by atoms with Crippen molar-refractivity contribution in [1.82, 2.24) is 0 Å². The van der Waals surface area contributed by atoms with Crippen LogP contribution in [-0.2, 0) is 11.3 Å². The Morgan fingerprint density at radius 2 is 2.11 bits per heavy atom. The van der Waals surface area contributed by atoms with Crippen LogP contribution in [0.2, 0.25) is 5.02 Å². The zero-order valence-corrected chi connectivity index (χ0v) is 11.8. The highest BCUT2D eigenvalue weighted by atomic mass is 35.5. The Bertz CT molecular complexity index is 589. The topological polar surface area (TPSA) is 21.6 Å². The van der Waals surface area contributed by atoms with Gasteiger partial charge in [0.1, 0.15) is 0 Å². The van der Waals surface area contributed by atoms with Gasteiger partial charge in [-0.3, -0.25) is 4.99 Å². The average molecular weight is 274 g/mol. The van der Waals surface area contributed by atoms with Crippen molar-refractivity contribution in [2.75, 3.05) is 13.2 Å². The first-order valence-corrected chi connectivity index (χ1v) is 7.05. The Balaban J connectivity index is 1.85. The van der Waals surface area contributed by atoms with Gasteiger partial charge >= 0.3 is 0 Å². The SMILES string of the molecule is CC1=NCc2cc(C#CC3CCOCC3)c(Cl)cc21. The second-order valence-corrected chi connectivity index (χ2v) is 5.45. The van der Waals surface area contributed by atoms with E-state index < -0.39 is 0 Å². The van der Waals surface area contributed by atoms with E-state index in [2.05, 4.69) is 22.9 Å². The molecular formula is C16H16ClNO. The molecule has 1 saturated heterocycles. The summed E-state index contributed by atoms with van der Waals surface area (Å²) in [7, 11) is 0. The van der Waals surface area contributed by atoms with Crippen molar-refractivity contribution in [2.45, 2.75) is 26.3 Å². The van der Waals surface area contributed by atoms with Gasteiger partial charge in [0, 0.05) is 36.0 Å². The molecule has 0 aliphatic carbocycles. The molecule has 0 bridgehead atoms. The van der Waals surface area contributed by atoms with Gasteiger partial charge in [-0.1, -0.05) is 23.4 Å². The number of ether oxygens (including phenoxy) is 1. The van der Waals surface area contributed by atoms with E-state index >= 15 is 0 Å². The Morgan fingerprint density at radius 1 is 1.32 bits per heavy atom. The molecular weight excluding hydrogens is 258 g/mol. The maximum Gasteiger partial charge on any atom is 0.0650 e. The first-order chi connectivity index (χ1) is 9.24. The molecule has 98 valence electrons. The van der Waals surface area contributed by atoms with Gasteiger partial charge in [-0.2, -0.15) is 0 Å². The molecule has 1 aromatic carbocycles. The van der Waals surface area contributed by atoms with E-state index in [1.54, 1.807) is 0 Å². The van der Waals surface area contributed by atoms with Crippen molar-refractivity contribution in [3.63, 3.8) is 0 Å². The fourth-order valence-corrected chi connectivity index (χ4v) is 2.70. The Labute approximate surface area is 118 Å². The molecule has 3 rings (SSSR count). The normalized spacial score (nSPS) is 18.5. The highest BCUT2D eigenvalue weighted by Gasteiger charge is 2.15. The highest BCUT2D eigenvalue weighted by Crippen LogP contribution is 2.26. The summed E-state index contributed by atoms with van der Waals surface area (Å²) in [5.74, 6) is 7.01. The van der Waals surface area contributed by atoms with Gasteiger partial charge < -0.3 is 4.74 Å². The van der Waals surface area contributed by atoms with Crippen LogP contribution in [0.15, 0.2) is 17.1 Å². The summed E-state index contributed by atoms with van der Waals surface area (Å²) >= 11 is 6.31. The first-order valence-electron chi connectivity index (χ1n) is 6.67. The summed E-state index contributed by atoms with van der Waals surface area (Å²) in [6, 6.07) is 4.08. The standard InChI is InChI=1S/C16H16ClNO/c1-11-15-9-16(17)13(8-14(15)10-18-11)3-2-12-4-6-19-7-5-12/h8-9,12H,4-7,10H2,1H3. The molecule has 0 N–H and O–H groups in total. The van der Waals surface area contributed by atoms with Gasteiger partial charge in [-0.05, 0) is 37.5 Å². The van der Waals surface area contributed by atoms with E-state index in [0.717, 1.165) is 48.9 Å². The molecule has 0 atom stereocenters. The Morgan fingerprint density at radius 3 is 2.89 bits per heavy atom. The first kappa shape index (κ1) is 12.7. The van der Waals surface area contributed by atoms with Gasteiger partial charge in [0.05, 0.1) is 11.6 Å². The minimum Gasteiger partial charge on any atom is -0.381 e. The van der Waals surface area contributed by atoms with Crippen molar-refractivity contribution in [3.05, 3.63) is 33.8 Å². The van der Waals surface area contributed by atoms with Crippen LogP contribution in [0.1, 0.15) is 36.5 Å². The number of halogens is 1. The summed E-state index contributed by atoms with van der Waals surface area (Å²) in [6.45, 7) is 4.43. The van der Waals surface area contributed by atoms with Crippen LogP contribution in [0.4, 0.5) is 0 Å². The van der Waals surface area contributed by atoms with Gasteiger partial charge in [-0.15, -0.1) is 0 Å². The molecule has 2 aliphatic heterocycles. The van der Waals surface area contributed by atoms with Crippen LogP contribution in [0.5, 0.6) is 0 Å². The van der Waals surface area contributed by atoms with E-state index in [1.807, 2.05) is 13.0 Å².